The van der Waals surface area contributed by atoms with E-state index in [0.717, 1.165) is 24.0 Å². The minimum Gasteiger partial charge on any atom is -0.482 e. The van der Waals surface area contributed by atoms with E-state index >= 15 is 0 Å². The van der Waals surface area contributed by atoms with E-state index in [4.69, 9.17) is 9.84 Å². The second-order valence-corrected chi connectivity index (χ2v) is 5.84. The number of amides is 1. The van der Waals surface area contributed by atoms with Gasteiger partial charge in [-0.05, 0) is 41.7 Å². The SMILES string of the molecule is O=C(O)COc1cccc(CNC(=O)[C@H]2CCc3ccccc32)c1. The predicted molar refractivity (Wildman–Crippen MR) is 88.9 cm³/mol. The molecule has 2 aromatic carbocycles. The number of aryl methyl sites for hydroxylation is 1. The third-order valence-electron chi connectivity index (χ3n) is 4.18. The van der Waals surface area contributed by atoms with Gasteiger partial charge >= 0.3 is 5.97 Å². The third kappa shape index (κ3) is 3.74. The molecule has 0 aromatic heterocycles. The molecule has 24 heavy (non-hydrogen) atoms. The molecule has 0 radical (unpaired) electrons. The molecule has 5 heteroatoms. The van der Waals surface area contributed by atoms with Crippen LogP contribution >= 0.6 is 0 Å². The lowest BCUT2D eigenvalue weighted by Crippen LogP contribution is -2.27. The maximum atomic E-state index is 12.5. The van der Waals surface area contributed by atoms with E-state index in [1.165, 1.54) is 5.56 Å². The Balaban J connectivity index is 1.59. The second-order valence-electron chi connectivity index (χ2n) is 5.84. The molecule has 2 aromatic rings. The number of carbonyl (C=O) groups excluding carboxylic acids is 1. The Morgan fingerprint density at radius 3 is 2.83 bits per heavy atom. The molecular weight excluding hydrogens is 306 g/mol. The average Bonchev–Trinajstić information content (AvgIpc) is 3.02. The number of carboxylic acid groups (broad SMARTS) is 1. The van der Waals surface area contributed by atoms with E-state index in [-0.39, 0.29) is 18.4 Å². The van der Waals surface area contributed by atoms with Gasteiger partial charge in [0.05, 0.1) is 5.92 Å². The molecule has 1 atom stereocenters. The number of nitrogens with one attached hydrogen (secondary N) is 1. The molecule has 0 spiro atoms. The van der Waals surface area contributed by atoms with Gasteiger partial charge in [-0.3, -0.25) is 4.79 Å². The Hall–Kier alpha value is -2.82. The van der Waals surface area contributed by atoms with Crippen molar-refractivity contribution in [2.24, 2.45) is 0 Å². The van der Waals surface area contributed by atoms with Gasteiger partial charge in [-0.25, -0.2) is 4.79 Å². The van der Waals surface area contributed by atoms with E-state index in [2.05, 4.69) is 11.4 Å². The summed E-state index contributed by atoms with van der Waals surface area (Å²) in [6, 6.07) is 15.2. The molecule has 1 amide bonds. The van der Waals surface area contributed by atoms with Crippen molar-refractivity contribution in [1.82, 2.24) is 5.32 Å². The monoisotopic (exact) mass is 325 g/mol. The Morgan fingerprint density at radius 2 is 2.00 bits per heavy atom. The smallest absolute Gasteiger partial charge is 0.341 e. The Labute approximate surface area is 140 Å². The standard InChI is InChI=1S/C19H19NO4/c21-18(22)12-24-15-6-3-4-13(10-15)11-20-19(23)17-9-8-14-5-1-2-7-16(14)17/h1-7,10,17H,8-9,11-12H2,(H,20,23)(H,21,22)/t17-/m0/s1. The zero-order valence-electron chi connectivity index (χ0n) is 13.2. The van der Waals surface area contributed by atoms with Crippen LogP contribution in [0, 0.1) is 0 Å². The van der Waals surface area contributed by atoms with Gasteiger partial charge in [-0.2, -0.15) is 0 Å². The molecule has 0 fully saturated rings. The van der Waals surface area contributed by atoms with Crippen molar-refractivity contribution in [3.05, 3.63) is 65.2 Å². The molecule has 0 unspecified atom stereocenters. The number of hydrogen-bond donors (Lipinski definition) is 2. The zero-order valence-corrected chi connectivity index (χ0v) is 13.2. The maximum Gasteiger partial charge on any atom is 0.341 e. The van der Waals surface area contributed by atoms with Gasteiger partial charge in [0.15, 0.2) is 6.61 Å². The molecule has 2 N–H and O–H groups in total. The summed E-state index contributed by atoms with van der Waals surface area (Å²) >= 11 is 0. The Bertz CT molecular complexity index is 757. The van der Waals surface area contributed by atoms with Crippen molar-refractivity contribution in [2.45, 2.75) is 25.3 Å². The molecule has 124 valence electrons. The first-order valence-corrected chi connectivity index (χ1v) is 7.92. The summed E-state index contributed by atoms with van der Waals surface area (Å²) in [5.41, 5.74) is 3.24. The van der Waals surface area contributed by atoms with Crippen LogP contribution in [0.25, 0.3) is 0 Å². The minimum atomic E-state index is -1.02. The average molecular weight is 325 g/mol. The van der Waals surface area contributed by atoms with Gasteiger partial charge in [0, 0.05) is 6.54 Å². The third-order valence-corrected chi connectivity index (χ3v) is 4.18. The maximum absolute atomic E-state index is 12.5. The van der Waals surface area contributed by atoms with Gasteiger partial charge in [0.1, 0.15) is 5.75 Å². The first-order valence-electron chi connectivity index (χ1n) is 7.92. The van der Waals surface area contributed by atoms with Crippen molar-refractivity contribution in [3.8, 4) is 5.75 Å². The lowest BCUT2D eigenvalue weighted by atomic mass is 10.0. The van der Waals surface area contributed by atoms with Crippen LogP contribution in [0.4, 0.5) is 0 Å². The largest absolute Gasteiger partial charge is 0.482 e. The van der Waals surface area contributed by atoms with E-state index in [1.807, 2.05) is 24.3 Å². The van der Waals surface area contributed by atoms with Crippen LogP contribution in [0.3, 0.4) is 0 Å². The summed E-state index contributed by atoms with van der Waals surface area (Å²) in [4.78, 5) is 23.0. The number of carboxylic acids is 1. The van der Waals surface area contributed by atoms with Crippen LogP contribution in [0.5, 0.6) is 5.75 Å². The lowest BCUT2D eigenvalue weighted by molar-refractivity contribution is -0.139. The molecule has 0 aliphatic heterocycles. The summed E-state index contributed by atoms with van der Waals surface area (Å²) in [5, 5.41) is 11.6. The van der Waals surface area contributed by atoms with Crippen molar-refractivity contribution >= 4 is 11.9 Å². The van der Waals surface area contributed by atoms with E-state index in [0.29, 0.717) is 12.3 Å². The fourth-order valence-electron chi connectivity index (χ4n) is 3.03. The normalized spacial score (nSPS) is 15.6. The fourth-order valence-corrected chi connectivity index (χ4v) is 3.03. The van der Waals surface area contributed by atoms with Gasteiger partial charge < -0.3 is 15.2 Å². The summed E-state index contributed by atoms with van der Waals surface area (Å²) in [5.74, 6) is -0.603. The van der Waals surface area contributed by atoms with Crippen LogP contribution < -0.4 is 10.1 Å². The molecule has 5 nitrogen and oxygen atoms in total. The summed E-state index contributed by atoms with van der Waals surface area (Å²) in [7, 11) is 0. The number of carbonyl (C=O) groups is 2. The summed E-state index contributed by atoms with van der Waals surface area (Å²) in [6.07, 6.45) is 1.78. The topological polar surface area (TPSA) is 75.6 Å². The number of rotatable bonds is 6. The summed E-state index contributed by atoms with van der Waals surface area (Å²) in [6.45, 7) is 0.0104. The molecule has 1 aliphatic carbocycles. The number of fused-ring (bicyclic) bond motifs is 1. The van der Waals surface area contributed by atoms with Crippen molar-refractivity contribution in [2.75, 3.05) is 6.61 Å². The van der Waals surface area contributed by atoms with Crippen LogP contribution in [0.1, 0.15) is 29.0 Å². The molecular formula is C19H19NO4. The highest BCUT2D eigenvalue weighted by atomic mass is 16.5. The highest BCUT2D eigenvalue weighted by molar-refractivity contribution is 5.84. The number of ether oxygens (including phenoxy) is 1. The van der Waals surface area contributed by atoms with Gasteiger partial charge in [0.2, 0.25) is 5.91 Å². The van der Waals surface area contributed by atoms with Gasteiger partial charge in [-0.1, -0.05) is 36.4 Å². The Kier molecular flexibility index (Phi) is 4.79. The highest BCUT2D eigenvalue weighted by Crippen LogP contribution is 2.32. The van der Waals surface area contributed by atoms with Crippen LogP contribution in [-0.2, 0) is 22.6 Å². The van der Waals surface area contributed by atoms with Crippen molar-refractivity contribution < 1.29 is 19.4 Å². The molecule has 0 heterocycles. The van der Waals surface area contributed by atoms with E-state index < -0.39 is 5.97 Å². The molecule has 1 aliphatic rings. The predicted octanol–water partition coefficient (Wildman–Crippen LogP) is 2.50. The van der Waals surface area contributed by atoms with Crippen LogP contribution in [0.2, 0.25) is 0 Å². The Morgan fingerprint density at radius 1 is 1.17 bits per heavy atom. The van der Waals surface area contributed by atoms with Crippen molar-refractivity contribution in [1.29, 1.82) is 0 Å². The van der Waals surface area contributed by atoms with E-state index in [1.54, 1.807) is 18.2 Å². The van der Waals surface area contributed by atoms with E-state index in [9.17, 15) is 9.59 Å². The lowest BCUT2D eigenvalue weighted by Gasteiger charge is -2.13. The van der Waals surface area contributed by atoms with Crippen molar-refractivity contribution in [3.63, 3.8) is 0 Å². The summed E-state index contributed by atoms with van der Waals surface area (Å²) < 4.78 is 5.15. The fraction of sp³-hybridized carbons (Fsp3) is 0.263. The highest BCUT2D eigenvalue weighted by Gasteiger charge is 2.27. The number of aliphatic carboxylic acids is 1. The molecule has 0 saturated carbocycles. The molecule has 0 saturated heterocycles. The second kappa shape index (κ2) is 7.17. The first-order chi connectivity index (χ1) is 11.6. The first kappa shape index (κ1) is 16.1. The molecule has 0 bridgehead atoms. The van der Waals surface area contributed by atoms with Gasteiger partial charge in [-0.15, -0.1) is 0 Å². The number of hydrogen-bond acceptors (Lipinski definition) is 3. The zero-order chi connectivity index (χ0) is 16.9. The minimum absolute atomic E-state index is 0.0248. The van der Waals surface area contributed by atoms with Crippen LogP contribution in [-0.4, -0.2) is 23.6 Å². The number of benzene rings is 2. The molecule has 3 rings (SSSR count). The quantitative estimate of drug-likeness (QED) is 0.855. The van der Waals surface area contributed by atoms with Gasteiger partial charge in [0.25, 0.3) is 0 Å². The van der Waals surface area contributed by atoms with Crippen LogP contribution in [0.15, 0.2) is 48.5 Å².